The standard InChI is InChI=1S/C22H21F17O2/c1-13(2,3)41-12-9-7-6-8-11(12)14(4,40-5)10-15(23,24)16(25,26)17(27,28)18(29,30)19(31,32)20(33,34)21(35,36)22(37,38)39/h6-9H,10H2,1-5H3. The zero-order valence-electron chi connectivity index (χ0n) is 21.3. The highest BCUT2D eigenvalue weighted by Gasteiger charge is 2.95. The van der Waals surface area contributed by atoms with Gasteiger partial charge in [-0.2, -0.15) is 74.6 Å². The molecule has 0 saturated carbocycles. The van der Waals surface area contributed by atoms with E-state index in [4.69, 9.17) is 9.47 Å². The molecule has 19 heteroatoms. The van der Waals surface area contributed by atoms with Crippen LogP contribution in [0.5, 0.6) is 5.75 Å². The van der Waals surface area contributed by atoms with Gasteiger partial charge in [-0.3, -0.25) is 0 Å². The highest BCUT2D eigenvalue weighted by molar-refractivity contribution is 5.39. The van der Waals surface area contributed by atoms with Gasteiger partial charge in [0.15, 0.2) is 0 Å². The first-order valence-corrected chi connectivity index (χ1v) is 10.8. The van der Waals surface area contributed by atoms with E-state index in [1.54, 1.807) is 0 Å². The number of halogens is 17. The summed E-state index contributed by atoms with van der Waals surface area (Å²) in [6, 6.07) is 4.17. The summed E-state index contributed by atoms with van der Waals surface area (Å²) in [5, 5.41) is 0. The lowest BCUT2D eigenvalue weighted by Gasteiger charge is -2.44. The number of para-hydroxylation sites is 1. The normalized spacial score (nSPS) is 16.9. The maximum absolute atomic E-state index is 14.7. The number of ether oxygens (including phenoxy) is 2. The zero-order valence-corrected chi connectivity index (χ0v) is 21.3. The van der Waals surface area contributed by atoms with E-state index in [1.165, 1.54) is 26.8 Å². The Labute approximate surface area is 220 Å². The van der Waals surface area contributed by atoms with E-state index in [9.17, 15) is 74.6 Å². The van der Waals surface area contributed by atoms with Crippen LogP contribution in [0.15, 0.2) is 24.3 Å². The molecule has 0 heterocycles. The maximum atomic E-state index is 14.7. The van der Waals surface area contributed by atoms with Crippen molar-refractivity contribution in [2.45, 2.75) is 93.0 Å². The lowest BCUT2D eigenvalue weighted by molar-refractivity contribution is -0.462. The van der Waals surface area contributed by atoms with Gasteiger partial charge >= 0.3 is 47.6 Å². The zero-order chi connectivity index (χ0) is 33.1. The summed E-state index contributed by atoms with van der Waals surface area (Å²) in [5.74, 6) is -57.3. The van der Waals surface area contributed by atoms with Crippen molar-refractivity contribution in [3.63, 3.8) is 0 Å². The van der Waals surface area contributed by atoms with Crippen LogP contribution >= 0.6 is 0 Å². The fourth-order valence-corrected chi connectivity index (χ4v) is 3.33. The monoisotopic (exact) mass is 640 g/mol. The highest BCUT2D eigenvalue weighted by atomic mass is 19.4. The molecule has 1 aromatic carbocycles. The molecular formula is C22H21F17O2. The predicted octanol–water partition coefficient (Wildman–Crippen LogP) is 9.12. The van der Waals surface area contributed by atoms with Crippen molar-refractivity contribution in [3.8, 4) is 5.75 Å². The molecule has 0 fully saturated rings. The smallest absolute Gasteiger partial charge is 0.460 e. The Bertz CT molecular complexity index is 1070. The molecule has 1 rings (SSSR count). The molecule has 0 N–H and O–H groups in total. The third-order valence-electron chi connectivity index (χ3n) is 5.67. The number of hydrogen-bond acceptors (Lipinski definition) is 2. The topological polar surface area (TPSA) is 18.5 Å². The van der Waals surface area contributed by atoms with Gasteiger partial charge in [0.25, 0.3) is 0 Å². The Morgan fingerprint density at radius 2 is 0.902 bits per heavy atom. The molecule has 0 spiro atoms. The number of alkyl halides is 17. The van der Waals surface area contributed by atoms with Crippen molar-refractivity contribution in [2.24, 2.45) is 0 Å². The first-order chi connectivity index (χ1) is 17.7. The molecule has 240 valence electrons. The molecule has 0 bridgehead atoms. The molecule has 0 saturated heterocycles. The van der Waals surface area contributed by atoms with Gasteiger partial charge in [-0.05, 0) is 33.8 Å². The first-order valence-electron chi connectivity index (χ1n) is 10.8. The molecule has 0 aliphatic carbocycles. The Morgan fingerprint density at radius 1 is 0.537 bits per heavy atom. The van der Waals surface area contributed by atoms with Crippen LogP contribution in [-0.2, 0) is 10.3 Å². The van der Waals surface area contributed by atoms with Gasteiger partial charge < -0.3 is 9.47 Å². The molecule has 1 atom stereocenters. The summed E-state index contributed by atoms with van der Waals surface area (Å²) in [6.45, 7) is 4.71. The molecule has 0 aliphatic heterocycles. The van der Waals surface area contributed by atoms with E-state index in [1.807, 2.05) is 0 Å². The lowest BCUT2D eigenvalue weighted by atomic mass is 9.82. The fraction of sp³-hybridized carbons (Fsp3) is 0.727. The molecule has 0 aromatic heterocycles. The largest absolute Gasteiger partial charge is 0.488 e. The summed E-state index contributed by atoms with van der Waals surface area (Å²) in [4.78, 5) is 0. The summed E-state index contributed by atoms with van der Waals surface area (Å²) < 4.78 is 242. The van der Waals surface area contributed by atoms with E-state index >= 15 is 0 Å². The molecule has 2 nitrogen and oxygen atoms in total. The van der Waals surface area contributed by atoms with E-state index < -0.39 is 76.6 Å². The van der Waals surface area contributed by atoms with Crippen molar-refractivity contribution in [1.82, 2.24) is 0 Å². The Kier molecular flexibility index (Phi) is 9.17. The Balaban J connectivity index is 3.73. The average molecular weight is 640 g/mol. The van der Waals surface area contributed by atoms with E-state index in [2.05, 4.69) is 0 Å². The van der Waals surface area contributed by atoms with Crippen LogP contribution < -0.4 is 4.74 Å². The first kappa shape index (κ1) is 36.8. The second-order valence-electron chi connectivity index (χ2n) is 9.97. The van der Waals surface area contributed by atoms with Gasteiger partial charge in [0.2, 0.25) is 0 Å². The number of rotatable bonds is 11. The molecule has 1 aromatic rings. The minimum atomic E-state index is -8.68. The molecule has 0 amide bonds. The second kappa shape index (κ2) is 10.2. The van der Waals surface area contributed by atoms with Crippen LogP contribution in [0.3, 0.4) is 0 Å². The van der Waals surface area contributed by atoms with Crippen molar-refractivity contribution in [1.29, 1.82) is 0 Å². The lowest BCUT2D eigenvalue weighted by Crippen LogP contribution is -2.74. The predicted molar refractivity (Wildman–Crippen MR) is 106 cm³/mol. The van der Waals surface area contributed by atoms with Crippen molar-refractivity contribution < 1.29 is 84.1 Å². The van der Waals surface area contributed by atoms with Crippen LogP contribution in [0, 0.1) is 0 Å². The van der Waals surface area contributed by atoms with Gasteiger partial charge in [0, 0.05) is 12.7 Å². The number of benzene rings is 1. The van der Waals surface area contributed by atoms with Gasteiger partial charge in [-0.25, -0.2) is 0 Å². The van der Waals surface area contributed by atoms with Gasteiger partial charge in [-0.15, -0.1) is 0 Å². The minimum Gasteiger partial charge on any atom is -0.488 e. The SMILES string of the molecule is COC(C)(CC(F)(F)C(F)(F)C(F)(F)C(F)(F)C(F)(F)C(F)(F)C(F)(F)C(F)(F)F)c1ccccc1OC(C)(C)C. The highest BCUT2D eigenvalue weighted by Crippen LogP contribution is 2.64. The Hall–Kier alpha value is -2.21. The second-order valence-corrected chi connectivity index (χ2v) is 9.97. The Morgan fingerprint density at radius 3 is 1.27 bits per heavy atom. The summed E-state index contributed by atoms with van der Waals surface area (Å²) in [7, 11) is 0.531. The molecular weight excluding hydrogens is 619 g/mol. The maximum Gasteiger partial charge on any atom is 0.460 e. The van der Waals surface area contributed by atoms with E-state index in [0.717, 1.165) is 18.2 Å². The summed E-state index contributed by atoms with van der Waals surface area (Å²) in [6.07, 6.45) is -10.6. The fourth-order valence-electron chi connectivity index (χ4n) is 3.33. The van der Waals surface area contributed by atoms with Crippen molar-refractivity contribution in [2.75, 3.05) is 7.11 Å². The van der Waals surface area contributed by atoms with E-state index in [-0.39, 0.29) is 0 Å². The molecule has 41 heavy (non-hydrogen) atoms. The minimum absolute atomic E-state index is 0.416. The molecule has 0 radical (unpaired) electrons. The van der Waals surface area contributed by atoms with Crippen LogP contribution in [0.25, 0.3) is 0 Å². The average Bonchev–Trinajstić information content (AvgIpc) is 2.76. The quantitative estimate of drug-likeness (QED) is 0.225. The van der Waals surface area contributed by atoms with Crippen molar-refractivity contribution >= 4 is 0 Å². The number of hydrogen-bond donors (Lipinski definition) is 0. The van der Waals surface area contributed by atoms with Crippen LogP contribution in [0.2, 0.25) is 0 Å². The van der Waals surface area contributed by atoms with E-state index in [0.29, 0.717) is 14.0 Å². The molecule has 1 unspecified atom stereocenters. The summed E-state index contributed by atoms with van der Waals surface area (Å²) >= 11 is 0. The van der Waals surface area contributed by atoms with Gasteiger partial charge in [-0.1, -0.05) is 18.2 Å². The van der Waals surface area contributed by atoms with Crippen LogP contribution in [0.4, 0.5) is 74.6 Å². The molecule has 0 aliphatic rings. The van der Waals surface area contributed by atoms with Crippen LogP contribution in [-0.4, -0.2) is 60.3 Å². The summed E-state index contributed by atoms with van der Waals surface area (Å²) in [5.41, 5.74) is -4.68. The van der Waals surface area contributed by atoms with Gasteiger partial charge in [0.1, 0.15) is 11.4 Å². The van der Waals surface area contributed by atoms with Crippen LogP contribution in [0.1, 0.15) is 39.7 Å². The third kappa shape index (κ3) is 5.75. The third-order valence-corrected chi connectivity index (χ3v) is 5.67. The van der Waals surface area contributed by atoms with Crippen molar-refractivity contribution in [3.05, 3.63) is 29.8 Å². The van der Waals surface area contributed by atoms with Gasteiger partial charge in [0.05, 0.1) is 12.0 Å². The number of methoxy groups -OCH3 is 1.